The first kappa shape index (κ1) is 19.1. The van der Waals surface area contributed by atoms with Crippen LogP contribution in [0.25, 0.3) is 0 Å². The summed E-state index contributed by atoms with van der Waals surface area (Å²) in [6, 6.07) is 14.3. The standard InChI is InChI=1S/C23H29N3O2/c27-23(20-6-12-24-13-7-20)26-16-10-22(11-17-26)28-21-8-14-25(15-9-21)18-19-4-2-1-3-5-19/h1-7,12-13,21-22H,8-11,14-18H2. The third kappa shape index (κ3) is 4.97. The molecule has 1 aromatic carbocycles. The Labute approximate surface area is 167 Å². The first-order chi connectivity index (χ1) is 13.8. The Kier molecular flexibility index (Phi) is 6.34. The van der Waals surface area contributed by atoms with Crippen molar-refractivity contribution in [2.24, 2.45) is 0 Å². The van der Waals surface area contributed by atoms with Crippen LogP contribution in [0.5, 0.6) is 0 Å². The molecule has 5 nitrogen and oxygen atoms in total. The summed E-state index contributed by atoms with van der Waals surface area (Å²) in [6.45, 7) is 4.78. The molecule has 0 radical (unpaired) electrons. The van der Waals surface area contributed by atoms with Gasteiger partial charge in [0.05, 0.1) is 12.2 Å². The molecule has 3 heterocycles. The molecule has 0 unspecified atom stereocenters. The quantitative estimate of drug-likeness (QED) is 0.799. The maximum absolute atomic E-state index is 12.5. The molecule has 0 atom stereocenters. The molecule has 2 fully saturated rings. The maximum atomic E-state index is 12.5. The summed E-state index contributed by atoms with van der Waals surface area (Å²) in [5, 5.41) is 0. The number of hydrogen-bond donors (Lipinski definition) is 0. The number of ether oxygens (including phenoxy) is 1. The Bertz CT molecular complexity index is 737. The van der Waals surface area contributed by atoms with Gasteiger partial charge < -0.3 is 9.64 Å². The van der Waals surface area contributed by atoms with Gasteiger partial charge in [-0.05, 0) is 43.4 Å². The molecule has 0 saturated carbocycles. The average Bonchev–Trinajstić information content (AvgIpc) is 2.76. The van der Waals surface area contributed by atoms with Crippen molar-refractivity contribution in [3.63, 3.8) is 0 Å². The van der Waals surface area contributed by atoms with Crippen molar-refractivity contribution in [3.8, 4) is 0 Å². The lowest BCUT2D eigenvalue weighted by Gasteiger charge is -2.37. The van der Waals surface area contributed by atoms with Crippen molar-refractivity contribution >= 4 is 5.91 Å². The van der Waals surface area contributed by atoms with Gasteiger partial charge in [-0.2, -0.15) is 0 Å². The molecule has 0 N–H and O–H groups in total. The van der Waals surface area contributed by atoms with Crippen molar-refractivity contribution in [1.82, 2.24) is 14.8 Å². The Morgan fingerprint density at radius 2 is 1.50 bits per heavy atom. The van der Waals surface area contributed by atoms with E-state index in [2.05, 4.69) is 40.2 Å². The SMILES string of the molecule is O=C(c1ccncc1)N1CCC(OC2CCN(Cc3ccccc3)CC2)CC1. The van der Waals surface area contributed by atoms with E-state index in [1.807, 2.05) is 4.90 Å². The topological polar surface area (TPSA) is 45.7 Å². The molecular formula is C23H29N3O2. The number of aromatic nitrogens is 1. The second kappa shape index (κ2) is 9.30. The Balaban J connectivity index is 1.18. The van der Waals surface area contributed by atoms with E-state index in [4.69, 9.17) is 4.74 Å². The summed E-state index contributed by atoms with van der Waals surface area (Å²) in [7, 11) is 0. The van der Waals surface area contributed by atoms with Crippen LogP contribution in [-0.2, 0) is 11.3 Å². The lowest BCUT2D eigenvalue weighted by molar-refractivity contribution is -0.0629. The number of likely N-dealkylation sites (tertiary alicyclic amines) is 2. The third-order valence-corrected chi connectivity index (χ3v) is 5.82. The van der Waals surface area contributed by atoms with Crippen LogP contribution in [0.2, 0.25) is 0 Å². The fourth-order valence-electron chi connectivity index (χ4n) is 4.19. The van der Waals surface area contributed by atoms with E-state index in [1.54, 1.807) is 24.5 Å². The van der Waals surface area contributed by atoms with Gasteiger partial charge in [-0.15, -0.1) is 0 Å². The van der Waals surface area contributed by atoms with Crippen molar-refractivity contribution in [1.29, 1.82) is 0 Å². The van der Waals surface area contributed by atoms with Crippen molar-refractivity contribution in [2.75, 3.05) is 26.2 Å². The number of pyridine rings is 1. The van der Waals surface area contributed by atoms with Crippen molar-refractivity contribution in [3.05, 3.63) is 66.0 Å². The average molecular weight is 380 g/mol. The Morgan fingerprint density at radius 1 is 0.893 bits per heavy atom. The van der Waals surface area contributed by atoms with Gasteiger partial charge in [-0.3, -0.25) is 14.7 Å². The number of nitrogens with zero attached hydrogens (tertiary/aromatic N) is 3. The van der Waals surface area contributed by atoms with Crippen molar-refractivity contribution < 1.29 is 9.53 Å². The predicted octanol–water partition coefficient (Wildman–Crippen LogP) is 3.37. The minimum absolute atomic E-state index is 0.107. The summed E-state index contributed by atoms with van der Waals surface area (Å²) in [6.07, 6.45) is 8.06. The Morgan fingerprint density at radius 3 is 2.14 bits per heavy atom. The highest BCUT2D eigenvalue weighted by Gasteiger charge is 2.27. The zero-order valence-corrected chi connectivity index (χ0v) is 16.4. The van der Waals surface area contributed by atoms with Gasteiger partial charge in [0.1, 0.15) is 0 Å². The van der Waals surface area contributed by atoms with Gasteiger partial charge >= 0.3 is 0 Å². The fourth-order valence-corrected chi connectivity index (χ4v) is 4.19. The normalized spacial score (nSPS) is 19.6. The number of hydrogen-bond acceptors (Lipinski definition) is 4. The van der Waals surface area contributed by atoms with Crippen LogP contribution in [0.4, 0.5) is 0 Å². The molecule has 1 amide bonds. The van der Waals surface area contributed by atoms with Crippen LogP contribution in [0.3, 0.4) is 0 Å². The summed E-state index contributed by atoms with van der Waals surface area (Å²) in [5.41, 5.74) is 2.10. The molecule has 148 valence electrons. The molecule has 2 aliphatic heterocycles. The molecule has 2 aromatic rings. The van der Waals surface area contributed by atoms with Gasteiger partial charge in [0, 0.05) is 50.7 Å². The highest BCUT2D eigenvalue weighted by atomic mass is 16.5. The number of rotatable bonds is 5. The van der Waals surface area contributed by atoms with Crippen LogP contribution in [0.1, 0.15) is 41.6 Å². The van der Waals surface area contributed by atoms with Crippen LogP contribution < -0.4 is 0 Å². The monoisotopic (exact) mass is 379 g/mol. The minimum Gasteiger partial charge on any atom is -0.375 e. The first-order valence-corrected chi connectivity index (χ1v) is 10.4. The Hall–Kier alpha value is -2.24. The van der Waals surface area contributed by atoms with Crippen LogP contribution >= 0.6 is 0 Å². The van der Waals surface area contributed by atoms with Crippen LogP contribution in [-0.4, -0.2) is 59.1 Å². The minimum atomic E-state index is 0.107. The zero-order valence-electron chi connectivity index (χ0n) is 16.4. The highest BCUT2D eigenvalue weighted by Crippen LogP contribution is 2.22. The van der Waals surface area contributed by atoms with Crippen molar-refractivity contribution in [2.45, 2.75) is 44.4 Å². The number of carbonyl (C=O) groups is 1. The molecule has 2 saturated heterocycles. The molecule has 0 spiro atoms. The molecular weight excluding hydrogens is 350 g/mol. The lowest BCUT2D eigenvalue weighted by Crippen LogP contribution is -2.43. The number of carbonyl (C=O) groups excluding carboxylic acids is 1. The van der Waals surface area contributed by atoms with Gasteiger partial charge in [-0.1, -0.05) is 30.3 Å². The van der Waals surface area contributed by atoms with E-state index in [1.165, 1.54) is 5.56 Å². The smallest absolute Gasteiger partial charge is 0.253 e. The zero-order chi connectivity index (χ0) is 19.2. The lowest BCUT2D eigenvalue weighted by atomic mass is 10.0. The molecule has 28 heavy (non-hydrogen) atoms. The largest absolute Gasteiger partial charge is 0.375 e. The molecule has 1 aromatic heterocycles. The van der Waals surface area contributed by atoms with Gasteiger partial charge in [0.25, 0.3) is 5.91 Å². The van der Waals surface area contributed by atoms with Gasteiger partial charge in [0.15, 0.2) is 0 Å². The number of benzene rings is 1. The van der Waals surface area contributed by atoms with E-state index in [0.717, 1.165) is 64.0 Å². The van der Waals surface area contributed by atoms with E-state index < -0.39 is 0 Å². The summed E-state index contributed by atoms with van der Waals surface area (Å²) in [5.74, 6) is 0.107. The molecule has 0 bridgehead atoms. The number of piperidine rings is 2. The molecule has 0 aliphatic carbocycles. The second-order valence-corrected chi connectivity index (χ2v) is 7.82. The summed E-state index contributed by atoms with van der Waals surface area (Å²) in [4.78, 5) is 21.0. The van der Waals surface area contributed by atoms with Gasteiger partial charge in [-0.25, -0.2) is 0 Å². The van der Waals surface area contributed by atoms with E-state index in [9.17, 15) is 4.79 Å². The summed E-state index contributed by atoms with van der Waals surface area (Å²) >= 11 is 0. The van der Waals surface area contributed by atoms with Gasteiger partial charge in [0.2, 0.25) is 0 Å². The predicted molar refractivity (Wildman–Crippen MR) is 109 cm³/mol. The molecule has 2 aliphatic rings. The molecule has 4 rings (SSSR count). The van der Waals surface area contributed by atoms with E-state index in [-0.39, 0.29) is 12.0 Å². The summed E-state index contributed by atoms with van der Waals surface area (Å²) < 4.78 is 6.39. The highest BCUT2D eigenvalue weighted by molar-refractivity contribution is 5.94. The third-order valence-electron chi connectivity index (χ3n) is 5.82. The first-order valence-electron chi connectivity index (χ1n) is 10.4. The van der Waals surface area contributed by atoms with Crippen LogP contribution in [0, 0.1) is 0 Å². The molecule has 5 heteroatoms. The second-order valence-electron chi connectivity index (χ2n) is 7.82. The van der Waals surface area contributed by atoms with Crippen LogP contribution in [0.15, 0.2) is 54.9 Å². The van der Waals surface area contributed by atoms with E-state index in [0.29, 0.717) is 6.10 Å². The van der Waals surface area contributed by atoms with E-state index >= 15 is 0 Å². The fraction of sp³-hybridized carbons (Fsp3) is 0.478. The maximum Gasteiger partial charge on any atom is 0.253 e. The number of amides is 1.